The van der Waals surface area contributed by atoms with E-state index in [-0.39, 0.29) is 17.2 Å². The molecule has 2 N–H and O–H groups in total. The Hall–Kier alpha value is -2.19. The SMILES string of the molecule is Cn1ncc(C(=O)OCc2ccccc2)c1S(N)(=O)=O. The Morgan fingerprint density at radius 3 is 2.60 bits per heavy atom. The van der Waals surface area contributed by atoms with Crippen molar-refractivity contribution in [2.75, 3.05) is 0 Å². The Bertz CT molecular complexity index is 722. The minimum absolute atomic E-state index is 0.0403. The molecule has 0 saturated carbocycles. The second-order valence-electron chi connectivity index (χ2n) is 4.09. The topological polar surface area (TPSA) is 104 Å². The smallest absolute Gasteiger partial charge is 0.343 e. The van der Waals surface area contributed by atoms with E-state index < -0.39 is 16.0 Å². The van der Waals surface area contributed by atoms with Crippen molar-refractivity contribution in [2.24, 2.45) is 12.2 Å². The van der Waals surface area contributed by atoms with E-state index in [1.165, 1.54) is 7.05 Å². The highest BCUT2D eigenvalue weighted by molar-refractivity contribution is 7.89. The summed E-state index contributed by atoms with van der Waals surface area (Å²) in [4.78, 5) is 11.9. The van der Waals surface area contributed by atoms with Crippen molar-refractivity contribution in [3.63, 3.8) is 0 Å². The van der Waals surface area contributed by atoms with Gasteiger partial charge in [0.1, 0.15) is 12.2 Å². The number of hydrogen-bond acceptors (Lipinski definition) is 5. The summed E-state index contributed by atoms with van der Waals surface area (Å²) in [5.41, 5.74) is 0.618. The average molecular weight is 295 g/mol. The molecule has 8 heteroatoms. The molecule has 0 atom stereocenters. The molecule has 0 bridgehead atoms. The van der Waals surface area contributed by atoms with Gasteiger partial charge in [-0.15, -0.1) is 0 Å². The van der Waals surface area contributed by atoms with Crippen LogP contribution in [0.2, 0.25) is 0 Å². The van der Waals surface area contributed by atoms with Gasteiger partial charge in [-0.1, -0.05) is 30.3 Å². The van der Waals surface area contributed by atoms with Crippen molar-refractivity contribution in [3.05, 3.63) is 47.7 Å². The standard InChI is InChI=1S/C12H13N3O4S/c1-15-11(20(13,17)18)10(7-14-15)12(16)19-8-9-5-3-2-4-6-9/h2-7H,8H2,1H3,(H2,13,17,18). The number of nitrogens with zero attached hydrogens (tertiary/aromatic N) is 2. The van der Waals surface area contributed by atoms with E-state index in [9.17, 15) is 13.2 Å². The zero-order chi connectivity index (χ0) is 14.8. The van der Waals surface area contributed by atoms with Crippen molar-refractivity contribution >= 4 is 16.0 Å². The maximum Gasteiger partial charge on any atom is 0.343 e. The molecule has 0 aliphatic heterocycles. The highest BCUT2D eigenvalue weighted by Crippen LogP contribution is 2.14. The van der Waals surface area contributed by atoms with Crippen LogP contribution in [0, 0.1) is 0 Å². The van der Waals surface area contributed by atoms with E-state index in [0.717, 1.165) is 16.4 Å². The number of ether oxygens (including phenoxy) is 1. The van der Waals surface area contributed by atoms with Crippen LogP contribution < -0.4 is 5.14 Å². The Kier molecular flexibility index (Phi) is 3.86. The van der Waals surface area contributed by atoms with E-state index in [1.54, 1.807) is 12.1 Å². The summed E-state index contributed by atoms with van der Waals surface area (Å²) in [6, 6.07) is 9.03. The van der Waals surface area contributed by atoms with Gasteiger partial charge < -0.3 is 4.74 Å². The molecule has 0 spiro atoms. The van der Waals surface area contributed by atoms with Gasteiger partial charge in [0.25, 0.3) is 10.0 Å². The van der Waals surface area contributed by atoms with Gasteiger partial charge in [-0.05, 0) is 5.56 Å². The molecular formula is C12H13N3O4S. The van der Waals surface area contributed by atoms with Gasteiger partial charge in [0.15, 0.2) is 5.03 Å². The number of benzene rings is 1. The Morgan fingerprint density at radius 2 is 2.00 bits per heavy atom. The van der Waals surface area contributed by atoms with E-state index in [0.29, 0.717) is 0 Å². The zero-order valence-corrected chi connectivity index (χ0v) is 11.5. The lowest BCUT2D eigenvalue weighted by Gasteiger charge is -2.05. The van der Waals surface area contributed by atoms with Gasteiger partial charge in [-0.2, -0.15) is 5.10 Å². The Labute approximate surface area is 116 Å². The molecule has 0 amide bonds. The summed E-state index contributed by atoms with van der Waals surface area (Å²) in [6.45, 7) is 0.0403. The highest BCUT2D eigenvalue weighted by atomic mass is 32.2. The predicted molar refractivity (Wildman–Crippen MR) is 70.1 cm³/mol. The average Bonchev–Trinajstić information content (AvgIpc) is 2.79. The molecule has 0 saturated heterocycles. The number of primary sulfonamides is 1. The maximum atomic E-state index is 11.9. The lowest BCUT2D eigenvalue weighted by Crippen LogP contribution is -2.20. The molecule has 106 valence electrons. The highest BCUT2D eigenvalue weighted by Gasteiger charge is 2.25. The molecule has 0 unspecified atom stereocenters. The van der Waals surface area contributed by atoms with E-state index in [1.807, 2.05) is 18.2 Å². The van der Waals surface area contributed by atoms with Crippen molar-refractivity contribution < 1.29 is 17.9 Å². The second kappa shape index (κ2) is 5.43. The first-order chi connectivity index (χ1) is 9.39. The molecule has 1 aromatic heterocycles. The van der Waals surface area contributed by atoms with Crippen LogP contribution in [0.25, 0.3) is 0 Å². The lowest BCUT2D eigenvalue weighted by atomic mass is 10.2. The van der Waals surface area contributed by atoms with Crippen LogP contribution >= 0.6 is 0 Å². The molecular weight excluding hydrogens is 282 g/mol. The van der Waals surface area contributed by atoms with Gasteiger partial charge in [0, 0.05) is 7.05 Å². The van der Waals surface area contributed by atoms with Crippen molar-refractivity contribution in [2.45, 2.75) is 11.6 Å². The number of nitrogens with two attached hydrogens (primary N) is 1. The second-order valence-corrected chi connectivity index (χ2v) is 5.57. The van der Waals surface area contributed by atoms with Gasteiger partial charge >= 0.3 is 5.97 Å². The van der Waals surface area contributed by atoms with Gasteiger partial charge in [-0.3, -0.25) is 4.68 Å². The maximum absolute atomic E-state index is 11.9. The molecule has 0 radical (unpaired) electrons. The van der Waals surface area contributed by atoms with Crippen LogP contribution in [-0.4, -0.2) is 24.2 Å². The number of carbonyl (C=O) groups excluding carboxylic acids is 1. The minimum Gasteiger partial charge on any atom is -0.457 e. The number of sulfonamides is 1. The van der Waals surface area contributed by atoms with Crippen LogP contribution in [0.5, 0.6) is 0 Å². The van der Waals surface area contributed by atoms with Crippen molar-refractivity contribution in [3.8, 4) is 0 Å². The molecule has 0 aliphatic rings. The summed E-state index contributed by atoms with van der Waals surface area (Å²) in [6.07, 6.45) is 1.12. The van der Waals surface area contributed by atoms with Gasteiger partial charge in [0.2, 0.25) is 0 Å². The summed E-state index contributed by atoms with van der Waals surface area (Å²) in [5.74, 6) is -0.786. The van der Waals surface area contributed by atoms with Gasteiger partial charge in [0.05, 0.1) is 6.20 Å². The number of aryl methyl sites for hydroxylation is 1. The predicted octanol–water partition coefficient (Wildman–Crippen LogP) is 0.425. The lowest BCUT2D eigenvalue weighted by molar-refractivity contribution is 0.0467. The zero-order valence-electron chi connectivity index (χ0n) is 10.7. The number of aromatic nitrogens is 2. The molecule has 0 fully saturated rings. The molecule has 0 aliphatic carbocycles. The third kappa shape index (κ3) is 3.03. The molecule has 20 heavy (non-hydrogen) atoms. The molecule has 1 heterocycles. The quantitative estimate of drug-likeness (QED) is 0.823. The Balaban J connectivity index is 2.19. The molecule has 2 aromatic rings. The first-order valence-corrected chi connectivity index (χ1v) is 7.20. The van der Waals surface area contributed by atoms with E-state index in [2.05, 4.69) is 5.10 Å². The van der Waals surface area contributed by atoms with E-state index >= 15 is 0 Å². The summed E-state index contributed by atoms with van der Waals surface area (Å²) >= 11 is 0. The first-order valence-electron chi connectivity index (χ1n) is 5.65. The molecule has 1 aromatic carbocycles. The summed E-state index contributed by atoms with van der Waals surface area (Å²) < 4.78 is 28.9. The third-order valence-electron chi connectivity index (χ3n) is 2.59. The minimum atomic E-state index is -4.05. The number of rotatable bonds is 4. The van der Waals surface area contributed by atoms with Crippen molar-refractivity contribution in [1.82, 2.24) is 9.78 Å². The molecule has 7 nitrogen and oxygen atoms in total. The van der Waals surface area contributed by atoms with Gasteiger partial charge in [-0.25, -0.2) is 18.4 Å². The number of hydrogen-bond donors (Lipinski definition) is 1. The summed E-state index contributed by atoms with van der Waals surface area (Å²) in [7, 11) is -2.67. The fourth-order valence-electron chi connectivity index (χ4n) is 1.70. The first kappa shape index (κ1) is 14.2. The number of carbonyl (C=O) groups is 1. The third-order valence-corrected chi connectivity index (χ3v) is 3.61. The number of esters is 1. The fraction of sp³-hybridized carbons (Fsp3) is 0.167. The van der Waals surface area contributed by atoms with Crippen LogP contribution in [-0.2, 0) is 28.4 Å². The van der Waals surface area contributed by atoms with Crippen molar-refractivity contribution in [1.29, 1.82) is 0 Å². The molecule has 2 rings (SSSR count). The normalized spacial score (nSPS) is 11.3. The van der Waals surface area contributed by atoms with Crippen LogP contribution in [0.1, 0.15) is 15.9 Å². The largest absolute Gasteiger partial charge is 0.457 e. The van der Waals surface area contributed by atoms with Crippen LogP contribution in [0.3, 0.4) is 0 Å². The van der Waals surface area contributed by atoms with E-state index in [4.69, 9.17) is 9.88 Å². The summed E-state index contributed by atoms with van der Waals surface area (Å²) in [5, 5.41) is 8.40. The Morgan fingerprint density at radius 1 is 1.35 bits per heavy atom. The van der Waals surface area contributed by atoms with Crippen LogP contribution in [0.4, 0.5) is 0 Å². The van der Waals surface area contributed by atoms with Crippen LogP contribution in [0.15, 0.2) is 41.6 Å². The monoisotopic (exact) mass is 295 g/mol. The fourth-order valence-corrected chi connectivity index (χ4v) is 2.56.